The first kappa shape index (κ1) is 9.77. The predicted octanol–water partition coefficient (Wildman–Crippen LogP) is 1.40. The van der Waals surface area contributed by atoms with Crippen molar-refractivity contribution in [3.8, 4) is 0 Å². The molecule has 0 fully saturated rings. The summed E-state index contributed by atoms with van der Waals surface area (Å²) in [6, 6.07) is 1.51. The SMILES string of the molecule is CCOC(=O)[C@H](CC)n1cccn1. The second-order valence-electron chi connectivity index (χ2n) is 2.66. The summed E-state index contributed by atoms with van der Waals surface area (Å²) in [4.78, 5) is 11.4. The van der Waals surface area contributed by atoms with Crippen LogP contribution < -0.4 is 0 Å². The molecule has 4 heteroatoms. The van der Waals surface area contributed by atoms with Gasteiger partial charge in [0.1, 0.15) is 6.04 Å². The first-order valence-electron chi connectivity index (χ1n) is 4.45. The Bertz CT molecular complexity index is 257. The molecule has 0 N–H and O–H groups in total. The van der Waals surface area contributed by atoms with E-state index in [0.29, 0.717) is 13.0 Å². The number of hydrogen-bond donors (Lipinski definition) is 0. The summed E-state index contributed by atoms with van der Waals surface area (Å²) in [6.45, 7) is 4.15. The van der Waals surface area contributed by atoms with E-state index in [1.807, 2.05) is 6.92 Å². The summed E-state index contributed by atoms with van der Waals surface area (Å²) < 4.78 is 6.54. The van der Waals surface area contributed by atoms with Crippen LogP contribution in [0.1, 0.15) is 26.3 Å². The Labute approximate surface area is 77.5 Å². The van der Waals surface area contributed by atoms with Crippen molar-refractivity contribution >= 4 is 5.97 Å². The van der Waals surface area contributed by atoms with Gasteiger partial charge in [-0.15, -0.1) is 0 Å². The van der Waals surface area contributed by atoms with Crippen molar-refractivity contribution in [2.45, 2.75) is 26.3 Å². The number of rotatable bonds is 4. The van der Waals surface area contributed by atoms with E-state index in [9.17, 15) is 4.79 Å². The monoisotopic (exact) mass is 182 g/mol. The minimum atomic E-state index is -0.282. The van der Waals surface area contributed by atoms with E-state index in [0.717, 1.165) is 0 Å². The van der Waals surface area contributed by atoms with Gasteiger partial charge < -0.3 is 4.74 Å². The van der Waals surface area contributed by atoms with Crippen molar-refractivity contribution in [2.24, 2.45) is 0 Å². The first-order valence-corrected chi connectivity index (χ1v) is 4.45. The van der Waals surface area contributed by atoms with Gasteiger partial charge in [-0.3, -0.25) is 4.68 Å². The van der Waals surface area contributed by atoms with Crippen LogP contribution in [0.2, 0.25) is 0 Å². The predicted molar refractivity (Wildman–Crippen MR) is 48.2 cm³/mol. The molecular weight excluding hydrogens is 168 g/mol. The van der Waals surface area contributed by atoms with E-state index in [1.54, 1.807) is 30.1 Å². The summed E-state index contributed by atoms with van der Waals surface area (Å²) in [7, 11) is 0. The molecule has 4 nitrogen and oxygen atoms in total. The molecule has 1 aromatic heterocycles. The molecule has 13 heavy (non-hydrogen) atoms. The summed E-state index contributed by atoms with van der Waals surface area (Å²) >= 11 is 0. The second-order valence-corrected chi connectivity index (χ2v) is 2.66. The lowest BCUT2D eigenvalue weighted by Crippen LogP contribution is -2.21. The van der Waals surface area contributed by atoms with Gasteiger partial charge in [-0.05, 0) is 19.4 Å². The largest absolute Gasteiger partial charge is 0.464 e. The molecule has 0 amide bonds. The maximum atomic E-state index is 11.4. The van der Waals surface area contributed by atoms with Crippen LogP contribution in [0.25, 0.3) is 0 Å². The minimum Gasteiger partial charge on any atom is -0.464 e. The molecule has 1 aromatic rings. The highest BCUT2D eigenvalue weighted by Crippen LogP contribution is 2.11. The van der Waals surface area contributed by atoms with Crippen molar-refractivity contribution in [1.29, 1.82) is 0 Å². The van der Waals surface area contributed by atoms with E-state index in [-0.39, 0.29) is 12.0 Å². The fourth-order valence-electron chi connectivity index (χ4n) is 1.17. The molecule has 1 rings (SSSR count). The van der Waals surface area contributed by atoms with Crippen molar-refractivity contribution in [3.63, 3.8) is 0 Å². The lowest BCUT2D eigenvalue weighted by atomic mass is 10.2. The third kappa shape index (κ3) is 2.31. The fourth-order valence-corrected chi connectivity index (χ4v) is 1.17. The van der Waals surface area contributed by atoms with Gasteiger partial charge in [-0.25, -0.2) is 4.79 Å². The summed E-state index contributed by atoms with van der Waals surface area (Å²) in [5, 5.41) is 4.01. The number of nitrogens with zero attached hydrogens (tertiary/aromatic N) is 2. The summed E-state index contributed by atoms with van der Waals surface area (Å²) in [5.74, 6) is -0.214. The van der Waals surface area contributed by atoms with Crippen LogP contribution in [0.5, 0.6) is 0 Å². The van der Waals surface area contributed by atoms with Crippen molar-refractivity contribution in [2.75, 3.05) is 6.61 Å². The van der Waals surface area contributed by atoms with Crippen LogP contribution in [0.15, 0.2) is 18.5 Å². The zero-order valence-electron chi connectivity index (χ0n) is 7.93. The Kier molecular flexibility index (Phi) is 3.49. The zero-order chi connectivity index (χ0) is 9.68. The van der Waals surface area contributed by atoms with E-state index in [4.69, 9.17) is 4.74 Å². The normalized spacial score (nSPS) is 12.5. The van der Waals surface area contributed by atoms with Gasteiger partial charge in [0.2, 0.25) is 0 Å². The second kappa shape index (κ2) is 4.64. The number of hydrogen-bond acceptors (Lipinski definition) is 3. The highest BCUT2D eigenvalue weighted by atomic mass is 16.5. The van der Waals surface area contributed by atoms with Gasteiger partial charge >= 0.3 is 5.97 Å². The van der Waals surface area contributed by atoms with Crippen molar-refractivity contribution in [1.82, 2.24) is 9.78 Å². The molecule has 0 saturated carbocycles. The maximum absolute atomic E-state index is 11.4. The van der Waals surface area contributed by atoms with Gasteiger partial charge in [-0.2, -0.15) is 5.10 Å². The Morgan fingerprint density at radius 1 is 1.62 bits per heavy atom. The molecule has 0 unspecified atom stereocenters. The molecule has 1 atom stereocenters. The summed E-state index contributed by atoms with van der Waals surface area (Å²) in [5.41, 5.74) is 0. The Hall–Kier alpha value is -1.32. The molecule has 0 aromatic carbocycles. The third-order valence-electron chi connectivity index (χ3n) is 1.79. The van der Waals surface area contributed by atoms with Crippen LogP contribution in [0.4, 0.5) is 0 Å². The molecular formula is C9H14N2O2. The summed E-state index contributed by atoms with van der Waals surface area (Å²) in [6.07, 6.45) is 4.12. The van der Waals surface area contributed by atoms with Gasteiger partial charge in [-0.1, -0.05) is 6.92 Å². The van der Waals surface area contributed by atoms with Crippen LogP contribution in [-0.4, -0.2) is 22.4 Å². The quantitative estimate of drug-likeness (QED) is 0.661. The fraction of sp³-hybridized carbons (Fsp3) is 0.556. The van der Waals surface area contributed by atoms with Gasteiger partial charge in [0.25, 0.3) is 0 Å². The Balaban J connectivity index is 2.68. The van der Waals surface area contributed by atoms with Crippen molar-refractivity contribution < 1.29 is 9.53 Å². The number of carbonyl (C=O) groups excluding carboxylic acids is 1. The van der Waals surface area contributed by atoms with E-state index in [1.165, 1.54) is 0 Å². The van der Waals surface area contributed by atoms with E-state index < -0.39 is 0 Å². The molecule has 0 aliphatic heterocycles. The van der Waals surface area contributed by atoms with Crippen LogP contribution >= 0.6 is 0 Å². The smallest absolute Gasteiger partial charge is 0.330 e. The average molecular weight is 182 g/mol. The lowest BCUT2D eigenvalue weighted by Gasteiger charge is -2.13. The Morgan fingerprint density at radius 2 is 2.38 bits per heavy atom. The number of aromatic nitrogens is 2. The molecule has 72 valence electrons. The van der Waals surface area contributed by atoms with E-state index >= 15 is 0 Å². The minimum absolute atomic E-state index is 0.214. The number of ether oxygens (including phenoxy) is 1. The topological polar surface area (TPSA) is 44.1 Å². The first-order chi connectivity index (χ1) is 6.29. The lowest BCUT2D eigenvalue weighted by molar-refractivity contribution is -0.147. The zero-order valence-corrected chi connectivity index (χ0v) is 7.93. The molecule has 0 saturated heterocycles. The molecule has 0 aliphatic carbocycles. The van der Waals surface area contributed by atoms with E-state index in [2.05, 4.69) is 5.10 Å². The standard InChI is InChI=1S/C9H14N2O2/c1-3-8(9(12)13-4-2)11-7-5-6-10-11/h5-8H,3-4H2,1-2H3/t8-/m0/s1. The molecule has 0 radical (unpaired) electrons. The van der Waals surface area contributed by atoms with Gasteiger partial charge in [0.05, 0.1) is 6.61 Å². The highest BCUT2D eigenvalue weighted by molar-refractivity contribution is 5.73. The highest BCUT2D eigenvalue weighted by Gasteiger charge is 2.19. The van der Waals surface area contributed by atoms with Crippen LogP contribution in [0.3, 0.4) is 0 Å². The molecule has 0 spiro atoms. The molecule has 0 bridgehead atoms. The van der Waals surface area contributed by atoms with Crippen LogP contribution in [-0.2, 0) is 9.53 Å². The number of carbonyl (C=O) groups is 1. The van der Waals surface area contributed by atoms with Crippen molar-refractivity contribution in [3.05, 3.63) is 18.5 Å². The maximum Gasteiger partial charge on any atom is 0.330 e. The van der Waals surface area contributed by atoms with Crippen LogP contribution in [0, 0.1) is 0 Å². The Morgan fingerprint density at radius 3 is 2.85 bits per heavy atom. The number of esters is 1. The third-order valence-corrected chi connectivity index (χ3v) is 1.79. The molecule has 0 aliphatic rings. The average Bonchev–Trinajstić information content (AvgIpc) is 2.59. The molecule has 1 heterocycles. The van der Waals surface area contributed by atoms with Gasteiger partial charge in [0.15, 0.2) is 0 Å². The van der Waals surface area contributed by atoms with Gasteiger partial charge in [0, 0.05) is 12.4 Å².